The first-order valence-electron chi connectivity index (χ1n) is 8.12. The molecule has 1 aromatic carbocycles. The Kier molecular flexibility index (Phi) is 5.25. The Labute approximate surface area is 136 Å². The lowest BCUT2D eigenvalue weighted by molar-refractivity contribution is 0.126. The Hall–Kier alpha value is -1.92. The van der Waals surface area contributed by atoms with Crippen molar-refractivity contribution < 1.29 is 9.84 Å². The van der Waals surface area contributed by atoms with Crippen molar-refractivity contribution in [2.75, 3.05) is 26.8 Å². The van der Waals surface area contributed by atoms with Gasteiger partial charge in [-0.15, -0.1) is 5.10 Å². The molecular formula is C17H24N4O2. The summed E-state index contributed by atoms with van der Waals surface area (Å²) in [4.78, 5) is 2.38. The van der Waals surface area contributed by atoms with E-state index in [1.807, 2.05) is 35.1 Å². The summed E-state index contributed by atoms with van der Waals surface area (Å²) >= 11 is 0. The molecule has 1 fully saturated rings. The van der Waals surface area contributed by atoms with Crippen LogP contribution in [0.2, 0.25) is 0 Å². The first-order valence-corrected chi connectivity index (χ1v) is 8.12. The highest BCUT2D eigenvalue weighted by Gasteiger charge is 2.19. The van der Waals surface area contributed by atoms with E-state index in [1.54, 1.807) is 7.11 Å². The van der Waals surface area contributed by atoms with Crippen molar-refractivity contribution in [1.82, 2.24) is 19.9 Å². The van der Waals surface area contributed by atoms with Gasteiger partial charge in [0.2, 0.25) is 0 Å². The number of ether oxygens (including phenoxy) is 1. The molecular weight excluding hydrogens is 292 g/mol. The van der Waals surface area contributed by atoms with E-state index in [-0.39, 0.29) is 0 Å². The summed E-state index contributed by atoms with van der Waals surface area (Å²) in [7, 11) is 1.68. The van der Waals surface area contributed by atoms with Gasteiger partial charge in [-0.3, -0.25) is 4.90 Å². The van der Waals surface area contributed by atoms with Crippen LogP contribution in [-0.2, 0) is 13.1 Å². The minimum absolute atomic E-state index is 0.308. The first kappa shape index (κ1) is 16.0. The molecule has 23 heavy (non-hydrogen) atoms. The van der Waals surface area contributed by atoms with E-state index in [0.717, 1.165) is 49.5 Å². The van der Waals surface area contributed by atoms with E-state index in [2.05, 4.69) is 15.2 Å². The molecule has 1 aliphatic heterocycles. The third-order valence-electron chi connectivity index (χ3n) is 4.46. The summed E-state index contributed by atoms with van der Waals surface area (Å²) in [6.45, 7) is 3.83. The van der Waals surface area contributed by atoms with Gasteiger partial charge in [0.05, 0.1) is 25.5 Å². The molecule has 0 spiro atoms. The second kappa shape index (κ2) is 7.57. The highest BCUT2D eigenvalue weighted by Crippen LogP contribution is 2.19. The maximum atomic E-state index is 9.20. The molecule has 0 atom stereocenters. The van der Waals surface area contributed by atoms with Crippen LogP contribution in [0.15, 0.2) is 30.5 Å². The van der Waals surface area contributed by atoms with Gasteiger partial charge in [0, 0.05) is 18.7 Å². The van der Waals surface area contributed by atoms with Gasteiger partial charge in [0.1, 0.15) is 5.75 Å². The van der Waals surface area contributed by atoms with Gasteiger partial charge < -0.3 is 9.84 Å². The molecule has 1 aromatic heterocycles. The molecule has 1 aliphatic rings. The van der Waals surface area contributed by atoms with Crippen molar-refractivity contribution in [3.05, 3.63) is 41.7 Å². The van der Waals surface area contributed by atoms with Gasteiger partial charge in [-0.1, -0.05) is 23.4 Å². The third kappa shape index (κ3) is 4.09. The molecule has 1 saturated heterocycles. The topological polar surface area (TPSA) is 63.4 Å². The molecule has 0 radical (unpaired) electrons. The molecule has 0 saturated carbocycles. The quantitative estimate of drug-likeness (QED) is 0.876. The van der Waals surface area contributed by atoms with E-state index in [4.69, 9.17) is 4.74 Å². The molecule has 0 bridgehead atoms. The van der Waals surface area contributed by atoms with Crippen LogP contribution < -0.4 is 4.74 Å². The Bertz CT molecular complexity index is 621. The number of likely N-dealkylation sites (tertiary alicyclic amines) is 1. The minimum Gasteiger partial charge on any atom is -0.496 e. The Balaban J connectivity index is 1.58. The molecule has 0 unspecified atom stereocenters. The highest BCUT2D eigenvalue weighted by molar-refractivity contribution is 5.33. The predicted octanol–water partition coefficient (Wildman–Crippen LogP) is 1.54. The third-order valence-corrected chi connectivity index (χ3v) is 4.46. The van der Waals surface area contributed by atoms with Crippen molar-refractivity contribution in [3.63, 3.8) is 0 Å². The average molecular weight is 316 g/mol. The maximum Gasteiger partial charge on any atom is 0.123 e. The van der Waals surface area contributed by atoms with Crippen molar-refractivity contribution in [3.8, 4) is 5.75 Å². The fourth-order valence-electron chi connectivity index (χ4n) is 3.05. The van der Waals surface area contributed by atoms with Crippen LogP contribution in [0.25, 0.3) is 0 Å². The second-order valence-corrected chi connectivity index (χ2v) is 6.12. The monoisotopic (exact) mass is 316 g/mol. The SMILES string of the molecule is COc1ccccc1Cn1cc(CN2CCC(CO)CC2)nn1. The molecule has 124 valence electrons. The molecule has 0 aliphatic carbocycles. The molecule has 2 heterocycles. The summed E-state index contributed by atoms with van der Waals surface area (Å²) < 4.78 is 7.23. The molecule has 2 aromatic rings. The smallest absolute Gasteiger partial charge is 0.123 e. The van der Waals surface area contributed by atoms with Crippen molar-refractivity contribution in [1.29, 1.82) is 0 Å². The van der Waals surface area contributed by atoms with E-state index in [1.165, 1.54) is 0 Å². The number of aromatic nitrogens is 3. The lowest BCUT2D eigenvalue weighted by Crippen LogP contribution is -2.34. The number of methoxy groups -OCH3 is 1. The van der Waals surface area contributed by atoms with Crippen LogP contribution in [0.3, 0.4) is 0 Å². The van der Waals surface area contributed by atoms with Crippen LogP contribution in [0.4, 0.5) is 0 Å². The average Bonchev–Trinajstić information content (AvgIpc) is 3.03. The van der Waals surface area contributed by atoms with Crippen LogP contribution in [0.1, 0.15) is 24.1 Å². The largest absolute Gasteiger partial charge is 0.496 e. The maximum absolute atomic E-state index is 9.20. The number of aliphatic hydroxyl groups excluding tert-OH is 1. The molecule has 0 amide bonds. The van der Waals surface area contributed by atoms with Gasteiger partial charge in [0.15, 0.2) is 0 Å². The van der Waals surface area contributed by atoms with Crippen LogP contribution in [0.5, 0.6) is 5.75 Å². The van der Waals surface area contributed by atoms with Crippen molar-refractivity contribution in [2.45, 2.75) is 25.9 Å². The summed E-state index contributed by atoms with van der Waals surface area (Å²) in [5, 5.41) is 17.7. The van der Waals surface area contributed by atoms with Crippen LogP contribution in [0, 0.1) is 5.92 Å². The fourth-order valence-corrected chi connectivity index (χ4v) is 3.05. The fraction of sp³-hybridized carbons (Fsp3) is 0.529. The molecule has 3 rings (SSSR count). The Morgan fingerprint density at radius 1 is 1.22 bits per heavy atom. The van der Waals surface area contributed by atoms with Gasteiger partial charge in [-0.05, 0) is 37.9 Å². The Morgan fingerprint density at radius 2 is 2.00 bits per heavy atom. The van der Waals surface area contributed by atoms with Gasteiger partial charge in [-0.2, -0.15) is 0 Å². The summed E-state index contributed by atoms with van der Waals surface area (Å²) in [6.07, 6.45) is 4.13. The first-order chi connectivity index (χ1) is 11.3. The van der Waals surface area contributed by atoms with E-state index in [9.17, 15) is 5.11 Å². The lowest BCUT2D eigenvalue weighted by Gasteiger charge is -2.30. The minimum atomic E-state index is 0.308. The number of hydrogen-bond acceptors (Lipinski definition) is 5. The zero-order valence-electron chi connectivity index (χ0n) is 13.6. The van der Waals surface area contributed by atoms with E-state index < -0.39 is 0 Å². The van der Waals surface area contributed by atoms with Gasteiger partial charge in [0.25, 0.3) is 0 Å². The van der Waals surface area contributed by atoms with Crippen molar-refractivity contribution >= 4 is 0 Å². The number of rotatable bonds is 6. The molecule has 1 N–H and O–H groups in total. The number of benzene rings is 1. The number of para-hydroxylation sites is 1. The summed E-state index contributed by atoms with van der Waals surface area (Å²) in [5.41, 5.74) is 2.08. The number of aliphatic hydroxyl groups is 1. The van der Waals surface area contributed by atoms with Crippen LogP contribution >= 0.6 is 0 Å². The summed E-state index contributed by atoms with van der Waals surface area (Å²) in [6, 6.07) is 7.96. The standard InChI is InChI=1S/C17H24N4O2/c1-23-17-5-3-2-4-15(17)10-21-12-16(18-19-21)11-20-8-6-14(13-22)7-9-20/h2-5,12,14,22H,6-11,13H2,1H3. The zero-order valence-corrected chi connectivity index (χ0v) is 13.6. The Morgan fingerprint density at radius 3 is 2.74 bits per heavy atom. The number of hydrogen-bond donors (Lipinski definition) is 1. The number of piperidine rings is 1. The second-order valence-electron chi connectivity index (χ2n) is 6.12. The van der Waals surface area contributed by atoms with Gasteiger partial charge in [-0.25, -0.2) is 4.68 Å². The molecule has 6 nitrogen and oxygen atoms in total. The zero-order chi connectivity index (χ0) is 16.1. The summed E-state index contributed by atoms with van der Waals surface area (Å²) in [5.74, 6) is 1.34. The normalized spacial score (nSPS) is 16.6. The van der Waals surface area contributed by atoms with Crippen molar-refractivity contribution in [2.24, 2.45) is 5.92 Å². The number of nitrogens with zero attached hydrogens (tertiary/aromatic N) is 4. The predicted molar refractivity (Wildman–Crippen MR) is 87.2 cm³/mol. The van der Waals surface area contributed by atoms with E-state index in [0.29, 0.717) is 19.1 Å². The molecule has 6 heteroatoms. The highest BCUT2D eigenvalue weighted by atomic mass is 16.5. The lowest BCUT2D eigenvalue weighted by atomic mass is 9.98. The van der Waals surface area contributed by atoms with Crippen LogP contribution in [-0.4, -0.2) is 51.8 Å². The van der Waals surface area contributed by atoms with E-state index >= 15 is 0 Å². The van der Waals surface area contributed by atoms with Gasteiger partial charge >= 0.3 is 0 Å².